The van der Waals surface area contributed by atoms with Gasteiger partial charge in [-0.3, -0.25) is 0 Å². The van der Waals surface area contributed by atoms with Crippen LogP contribution in [0.15, 0.2) is 42.5 Å². The Kier molecular flexibility index (Phi) is 2.46. The van der Waals surface area contributed by atoms with Crippen molar-refractivity contribution >= 4 is 5.69 Å². The number of aryl methyl sites for hydroxylation is 2. The van der Waals surface area contributed by atoms with Gasteiger partial charge in [0.2, 0.25) is 0 Å². The highest BCUT2D eigenvalue weighted by Crippen LogP contribution is 2.27. The zero-order valence-electron chi connectivity index (χ0n) is 9.12. The first-order valence-electron chi connectivity index (χ1n) is 5.10. The number of anilines is 1. The Labute approximate surface area is 90.6 Å². The van der Waals surface area contributed by atoms with Crippen LogP contribution in [0.25, 0.3) is 11.1 Å². The van der Waals surface area contributed by atoms with Crippen LogP contribution in [0.2, 0.25) is 0 Å². The van der Waals surface area contributed by atoms with Crippen molar-refractivity contribution in [1.29, 1.82) is 0 Å². The van der Waals surface area contributed by atoms with Crippen LogP contribution in [0.1, 0.15) is 11.1 Å². The van der Waals surface area contributed by atoms with E-state index in [1.807, 2.05) is 25.1 Å². The Hall–Kier alpha value is -1.76. The predicted octanol–water partition coefficient (Wildman–Crippen LogP) is 3.55. The van der Waals surface area contributed by atoms with Crippen LogP contribution in [-0.4, -0.2) is 0 Å². The molecule has 0 saturated heterocycles. The number of hydrogen-bond donors (Lipinski definition) is 1. The molecule has 2 rings (SSSR count). The molecule has 2 N–H and O–H groups in total. The van der Waals surface area contributed by atoms with Gasteiger partial charge in [-0.15, -0.1) is 0 Å². The van der Waals surface area contributed by atoms with Crippen molar-refractivity contribution in [3.8, 4) is 11.1 Å². The Bertz CT molecular complexity index is 472. The summed E-state index contributed by atoms with van der Waals surface area (Å²) in [7, 11) is 0. The van der Waals surface area contributed by atoms with E-state index in [-0.39, 0.29) is 0 Å². The number of rotatable bonds is 1. The molecule has 1 heteroatoms. The van der Waals surface area contributed by atoms with Crippen LogP contribution in [0.5, 0.6) is 0 Å². The second kappa shape index (κ2) is 3.77. The van der Waals surface area contributed by atoms with Gasteiger partial charge in [0.15, 0.2) is 0 Å². The summed E-state index contributed by atoms with van der Waals surface area (Å²) in [6.45, 7) is 4.16. The quantitative estimate of drug-likeness (QED) is 0.695. The standard InChI is InChI=1S/C14H15N/c1-10-8-11(2)14(15)9-13(10)12-6-4-3-5-7-12/h3-9H,15H2,1-2H3. The van der Waals surface area contributed by atoms with Crippen LogP contribution in [-0.2, 0) is 0 Å². The number of nitrogen functional groups attached to an aromatic ring is 1. The lowest BCUT2D eigenvalue weighted by Gasteiger charge is -2.09. The van der Waals surface area contributed by atoms with Crippen molar-refractivity contribution in [2.75, 3.05) is 5.73 Å². The molecule has 0 bridgehead atoms. The molecule has 0 amide bonds. The normalized spacial score (nSPS) is 10.3. The third-order valence-corrected chi connectivity index (χ3v) is 2.70. The molecular formula is C14H15N. The number of hydrogen-bond acceptors (Lipinski definition) is 1. The van der Waals surface area contributed by atoms with Gasteiger partial charge in [0.25, 0.3) is 0 Å². The van der Waals surface area contributed by atoms with Crippen LogP contribution in [0.3, 0.4) is 0 Å². The molecule has 0 aromatic heterocycles. The SMILES string of the molecule is Cc1cc(C)c(-c2ccccc2)cc1N. The van der Waals surface area contributed by atoms with E-state index in [2.05, 4.69) is 31.2 Å². The summed E-state index contributed by atoms with van der Waals surface area (Å²) < 4.78 is 0. The Morgan fingerprint density at radius 1 is 0.867 bits per heavy atom. The summed E-state index contributed by atoms with van der Waals surface area (Å²) in [5.74, 6) is 0. The largest absolute Gasteiger partial charge is 0.398 e. The minimum atomic E-state index is 0.861. The molecular weight excluding hydrogens is 182 g/mol. The molecule has 76 valence electrons. The van der Waals surface area contributed by atoms with Gasteiger partial charge in [-0.2, -0.15) is 0 Å². The van der Waals surface area contributed by atoms with E-state index in [0.29, 0.717) is 0 Å². The second-order valence-corrected chi connectivity index (χ2v) is 3.89. The highest BCUT2D eigenvalue weighted by Gasteiger charge is 2.03. The first kappa shape index (κ1) is 9.78. The van der Waals surface area contributed by atoms with E-state index in [0.717, 1.165) is 11.3 Å². The van der Waals surface area contributed by atoms with Crippen LogP contribution in [0.4, 0.5) is 5.69 Å². The van der Waals surface area contributed by atoms with Crippen molar-refractivity contribution < 1.29 is 0 Å². The topological polar surface area (TPSA) is 26.0 Å². The maximum atomic E-state index is 5.93. The highest BCUT2D eigenvalue weighted by molar-refractivity contribution is 5.72. The summed E-state index contributed by atoms with van der Waals surface area (Å²) >= 11 is 0. The molecule has 0 unspecified atom stereocenters. The molecule has 1 nitrogen and oxygen atoms in total. The number of nitrogens with two attached hydrogens (primary N) is 1. The Morgan fingerprint density at radius 3 is 2.20 bits per heavy atom. The molecule has 0 atom stereocenters. The van der Waals surface area contributed by atoms with Crippen molar-refractivity contribution in [3.63, 3.8) is 0 Å². The van der Waals surface area contributed by atoms with Gasteiger partial charge in [-0.25, -0.2) is 0 Å². The summed E-state index contributed by atoms with van der Waals surface area (Å²) in [5, 5.41) is 0. The lowest BCUT2D eigenvalue weighted by atomic mass is 9.98. The first-order valence-corrected chi connectivity index (χ1v) is 5.10. The molecule has 15 heavy (non-hydrogen) atoms. The maximum Gasteiger partial charge on any atom is 0.0350 e. The lowest BCUT2D eigenvalue weighted by molar-refractivity contribution is 1.38. The fraction of sp³-hybridized carbons (Fsp3) is 0.143. The predicted molar refractivity (Wildman–Crippen MR) is 65.8 cm³/mol. The van der Waals surface area contributed by atoms with Gasteiger partial charge in [0, 0.05) is 5.69 Å². The zero-order chi connectivity index (χ0) is 10.8. The van der Waals surface area contributed by atoms with E-state index < -0.39 is 0 Å². The average Bonchev–Trinajstić information content (AvgIpc) is 2.25. The fourth-order valence-electron chi connectivity index (χ4n) is 1.80. The minimum Gasteiger partial charge on any atom is -0.398 e. The smallest absolute Gasteiger partial charge is 0.0350 e. The summed E-state index contributed by atoms with van der Waals surface area (Å²) in [6, 6.07) is 14.5. The molecule has 0 aliphatic heterocycles. The molecule has 0 fully saturated rings. The van der Waals surface area contributed by atoms with E-state index in [4.69, 9.17) is 5.73 Å². The first-order chi connectivity index (χ1) is 7.18. The molecule has 0 spiro atoms. The maximum absolute atomic E-state index is 5.93. The molecule has 0 heterocycles. The van der Waals surface area contributed by atoms with Gasteiger partial charge < -0.3 is 5.73 Å². The van der Waals surface area contributed by atoms with Gasteiger partial charge in [0.05, 0.1) is 0 Å². The van der Waals surface area contributed by atoms with Crippen molar-refractivity contribution in [3.05, 3.63) is 53.6 Å². The van der Waals surface area contributed by atoms with Crippen molar-refractivity contribution in [2.24, 2.45) is 0 Å². The lowest BCUT2D eigenvalue weighted by Crippen LogP contribution is -1.92. The Balaban J connectivity index is 2.59. The van der Waals surface area contributed by atoms with Crippen molar-refractivity contribution in [2.45, 2.75) is 13.8 Å². The van der Waals surface area contributed by atoms with Gasteiger partial charge in [-0.05, 0) is 42.2 Å². The minimum absolute atomic E-state index is 0.861. The highest BCUT2D eigenvalue weighted by atomic mass is 14.6. The Morgan fingerprint density at radius 2 is 1.53 bits per heavy atom. The third kappa shape index (κ3) is 1.86. The monoisotopic (exact) mass is 197 g/mol. The third-order valence-electron chi connectivity index (χ3n) is 2.70. The molecule has 0 aliphatic rings. The van der Waals surface area contributed by atoms with Crippen molar-refractivity contribution in [1.82, 2.24) is 0 Å². The average molecular weight is 197 g/mol. The molecule has 0 radical (unpaired) electrons. The van der Waals surface area contributed by atoms with E-state index in [9.17, 15) is 0 Å². The van der Waals surface area contributed by atoms with Gasteiger partial charge in [0.1, 0.15) is 0 Å². The van der Waals surface area contributed by atoms with Gasteiger partial charge >= 0.3 is 0 Å². The van der Waals surface area contributed by atoms with Crippen LogP contribution < -0.4 is 5.73 Å². The summed E-state index contributed by atoms with van der Waals surface area (Å²) in [4.78, 5) is 0. The van der Waals surface area contributed by atoms with Crippen LogP contribution >= 0.6 is 0 Å². The van der Waals surface area contributed by atoms with E-state index in [1.54, 1.807) is 0 Å². The second-order valence-electron chi connectivity index (χ2n) is 3.89. The van der Waals surface area contributed by atoms with E-state index >= 15 is 0 Å². The summed E-state index contributed by atoms with van der Waals surface area (Å²) in [5.41, 5.74) is 11.6. The number of benzene rings is 2. The van der Waals surface area contributed by atoms with Gasteiger partial charge in [-0.1, -0.05) is 36.4 Å². The van der Waals surface area contributed by atoms with E-state index in [1.165, 1.54) is 16.7 Å². The fourth-order valence-corrected chi connectivity index (χ4v) is 1.80. The van der Waals surface area contributed by atoms with Crippen LogP contribution in [0, 0.1) is 13.8 Å². The molecule has 2 aromatic rings. The molecule has 2 aromatic carbocycles. The summed E-state index contributed by atoms with van der Waals surface area (Å²) in [6.07, 6.45) is 0. The zero-order valence-corrected chi connectivity index (χ0v) is 9.12. The molecule has 0 aliphatic carbocycles. The molecule has 0 saturated carbocycles.